The molecule has 0 saturated heterocycles. The predicted molar refractivity (Wildman–Crippen MR) is 134 cm³/mol. The van der Waals surface area contributed by atoms with Crippen molar-refractivity contribution >= 4 is 11.8 Å². The molecule has 1 aliphatic carbocycles. The second kappa shape index (κ2) is 10.8. The molecule has 0 spiro atoms. The SMILES string of the molecule is CCCOC(=O)C1=C(C)NC2=C(C(=O)C[C@H](c3ccc(OC)cc3)C2)[C@@H]1c1ccc(OCC)cc1. The fraction of sp³-hybridized carbons (Fsp3) is 0.379. The van der Waals surface area contributed by atoms with Gasteiger partial charge in [-0.25, -0.2) is 4.79 Å². The number of nitrogens with one attached hydrogen (secondary N) is 1. The lowest BCUT2D eigenvalue weighted by atomic mass is 9.71. The van der Waals surface area contributed by atoms with Gasteiger partial charge in [0.1, 0.15) is 11.5 Å². The minimum absolute atomic E-state index is 0.0479. The van der Waals surface area contributed by atoms with E-state index in [2.05, 4.69) is 5.32 Å². The maximum absolute atomic E-state index is 13.7. The molecule has 4 rings (SSSR count). The number of hydrogen-bond acceptors (Lipinski definition) is 6. The number of rotatable bonds is 8. The Morgan fingerprint density at radius 1 is 0.971 bits per heavy atom. The first-order valence-corrected chi connectivity index (χ1v) is 12.2. The third-order valence-electron chi connectivity index (χ3n) is 6.60. The zero-order chi connectivity index (χ0) is 24.9. The number of esters is 1. The normalized spacial score (nSPS) is 19.7. The largest absolute Gasteiger partial charge is 0.497 e. The van der Waals surface area contributed by atoms with E-state index >= 15 is 0 Å². The number of carbonyl (C=O) groups excluding carboxylic acids is 2. The van der Waals surface area contributed by atoms with Gasteiger partial charge in [0.05, 0.1) is 25.9 Å². The van der Waals surface area contributed by atoms with Crippen LogP contribution in [0.3, 0.4) is 0 Å². The molecule has 2 aliphatic rings. The molecule has 0 fully saturated rings. The van der Waals surface area contributed by atoms with E-state index < -0.39 is 5.92 Å². The van der Waals surface area contributed by atoms with Crippen LogP contribution in [0.25, 0.3) is 0 Å². The Balaban J connectivity index is 1.73. The van der Waals surface area contributed by atoms with Crippen LogP contribution in [0.5, 0.6) is 11.5 Å². The quantitative estimate of drug-likeness (QED) is 0.515. The van der Waals surface area contributed by atoms with Crippen LogP contribution < -0.4 is 14.8 Å². The van der Waals surface area contributed by atoms with Gasteiger partial charge in [0, 0.05) is 29.3 Å². The smallest absolute Gasteiger partial charge is 0.336 e. The molecule has 184 valence electrons. The lowest BCUT2D eigenvalue weighted by Gasteiger charge is -2.36. The van der Waals surface area contributed by atoms with Crippen molar-refractivity contribution < 1.29 is 23.8 Å². The molecule has 0 aromatic heterocycles. The Morgan fingerprint density at radius 3 is 2.26 bits per heavy atom. The van der Waals surface area contributed by atoms with E-state index in [0.717, 1.165) is 40.4 Å². The van der Waals surface area contributed by atoms with Crippen molar-refractivity contribution in [3.63, 3.8) is 0 Å². The number of methoxy groups -OCH3 is 1. The second-order valence-electron chi connectivity index (χ2n) is 8.93. The zero-order valence-corrected chi connectivity index (χ0v) is 20.9. The number of allylic oxidation sites excluding steroid dienone is 3. The molecule has 0 amide bonds. The zero-order valence-electron chi connectivity index (χ0n) is 20.9. The molecule has 0 radical (unpaired) electrons. The van der Waals surface area contributed by atoms with E-state index in [-0.39, 0.29) is 17.7 Å². The number of carbonyl (C=O) groups is 2. The van der Waals surface area contributed by atoms with E-state index in [1.54, 1.807) is 7.11 Å². The molecule has 0 unspecified atom stereocenters. The summed E-state index contributed by atoms with van der Waals surface area (Å²) in [6, 6.07) is 15.5. The number of ether oxygens (including phenoxy) is 3. The van der Waals surface area contributed by atoms with Gasteiger partial charge < -0.3 is 19.5 Å². The summed E-state index contributed by atoms with van der Waals surface area (Å²) >= 11 is 0. The lowest BCUT2D eigenvalue weighted by molar-refractivity contribution is -0.139. The predicted octanol–water partition coefficient (Wildman–Crippen LogP) is 5.41. The molecule has 1 N–H and O–H groups in total. The van der Waals surface area contributed by atoms with Crippen molar-refractivity contribution in [2.45, 2.75) is 51.9 Å². The molecule has 35 heavy (non-hydrogen) atoms. The molecular formula is C29H33NO5. The topological polar surface area (TPSA) is 73.9 Å². The van der Waals surface area contributed by atoms with E-state index in [4.69, 9.17) is 14.2 Å². The van der Waals surface area contributed by atoms with Crippen molar-refractivity contribution in [2.75, 3.05) is 20.3 Å². The summed E-state index contributed by atoms with van der Waals surface area (Å²) in [6.07, 6.45) is 1.81. The van der Waals surface area contributed by atoms with Gasteiger partial charge in [-0.05, 0) is 68.0 Å². The van der Waals surface area contributed by atoms with Crippen LogP contribution in [0, 0.1) is 0 Å². The second-order valence-corrected chi connectivity index (χ2v) is 8.93. The summed E-state index contributed by atoms with van der Waals surface area (Å²) < 4.78 is 16.4. The number of hydrogen-bond donors (Lipinski definition) is 1. The van der Waals surface area contributed by atoms with Gasteiger partial charge in [0.2, 0.25) is 0 Å². The van der Waals surface area contributed by atoms with Crippen molar-refractivity contribution in [3.05, 3.63) is 82.2 Å². The highest BCUT2D eigenvalue weighted by molar-refractivity contribution is 6.04. The van der Waals surface area contributed by atoms with Crippen molar-refractivity contribution in [1.82, 2.24) is 5.32 Å². The minimum Gasteiger partial charge on any atom is -0.497 e. The van der Waals surface area contributed by atoms with Gasteiger partial charge in [0.25, 0.3) is 0 Å². The van der Waals surface area contributed by atoms with Crippen molar-refractivity contribution in [3.8, 4) is 11.5 Å². The van der Waals surface area contributed by atoms with Crippen LogP contribution in [-0.2, 0) is 14.3 Å². The Labute approximate surface area is 207 Å². The first-order chi connectivity index (χ1) is 17.0. The minimum atomic E-state index is -0.476. The van der Waals surface area contributed by atoms with Gasteiger partial charge in [-0.15, -0.1) is 0 Å². The molecule has 1 aliphatic heterocycles. The Bertz CT molecular complexity index is 1140. The average molecular weight is 476 g/mol. The highest BCUT2D eigenvalue weighted by Gasteiger charge is 2.41. The Hall–Kier alpha value is -3.54. The number of benzene rings is 2. The standard InChI is InChI=1S/C29H33NO5/c1-5-15-35-29(32)26-18(3)30-24-16-21(19-7-11-22(33-4)12-8-19)17-25(31)28(24)27(26)20-9-13-23(14-10-20)34-6-2/h7-14,21,27,30H,5-6,15-17H2,1-4H3/t21-,27-/m1/s1. The molecule has 0 bridgehead atoms. The number of Topliss-reactive ketones (excluding diaryl/α,β-unsaturated/α-hetero) is 1. The lowest BCUT2D eigenvalue weighted by Crippen LogP contribution is -2.36. The first kappa shape index (κ1) is 24.6. The van der Waals surface area contributed by atoms with Crippen LogP contribution in [0.2, 0.25) is 0 Å². The van der Waals surface area contributed by atoms with Crippen LogP contribution >= 0.6 is 0 Å². The van der Waals surface area contributed by atoms with Crippen molar-refractivity contribution in [2.24, 2.45) is 0 Å². The van der Waals surface area contributed by atoms with E-state index in [9.17, 15) is 9.59 Å². The van der Waals surface area contributed by atoms with E-state index in [1.165, 1.54) is 0 Å². The highest BCUT2D eigenvalue weighted by Crippen LogP contribution is 2.46. The van der Waals surface area contributed by atoms with E-state index in [1.807, 2.05) is 69.3 Å². The molecular weight excluding hydrogens is 442 g/mol. The molecule has 6 nitrogen and oxygen atoms in total. The van der Waals surface area contributed by atoms with Crippen molar-refractivity contribution in [1.29, 1.82) is 0 Å². The summed E-state index contributed by atoms with van der Waals surface area (Å²) in [4.78, 5) is 26.8. The summed E-state index contributed by atoms with van der Waals surface area (Å²) in [7, 11) is 1.64. The summed E-state index contributed by atoms with van der Waals surface area (Å²) in [6.45, 7) is 6.69. The first-order valence-electron chi connectivity index (χ1n) is 12.2. The van der Waals surface area contributed by atoms with Crippen LogP contribution in [0.15, 0.2) is 71.1 Å². The van der Waals surface area contributed by atoms with Crippen LogP contribution in [-0.4, -0.2) is 32.1 Å². The monoisotopic (exact) mass is 475 g/mol. The van der Waals surface area contributed by atoms with Gasteiger partial charge in [-0.3, -0.25) is 4.79 Å². The third kappa shape index (κ3) is 5.11. The Morgan fingerprint density at radius 2 is 1.63 bits per heavy atom. The molecule has 1 heterocycles. The Kier molecular flexibility index (Phi) is 7.59. The third-order valence-corrected chi connectivity index (χ3v) is 6.60. The molecule has 2 atom stereocenters. The van der Waals surface area contributed by atoms with Gasteiger partial charge in [-0.2, -0.15) is 0 Å². The molecule has 6 heteroatoms. The molecule has 0 saturated carbocycles. The summed E-state index contributed by atoms with van der Waals surface area (Å²) in [5.41, 5.74) is 4.74. The fourth-order valence-electron chi connectivity index (χ4n) is 4.95. The van der Waals surface area contributed by atoms with Gasteiger partial charge in [-0.1, -0.05) is 31.2 Å². The van der Waals surface area contributed by atoms with Crippen LogP contribution in [0.1, 0.15) is 63.0 Å². The number of dihydropyridines is 1. The molecule has 2 aromatic carbocycles. The van der Waals surface area contributed by atoms with E-state index in [0.29, 0.717) is 37.2 Å². The maximum Gasteiger partial charge on any atom is 0.336 e. The average Bonchev–Trinajstić information content (AvgIpc) is 2.87. The maximum atomic E-state index is 13.7. The number of ketones is 1. The highest BCUT2D eigenvalue weighted by atomic mass is 16.5. The molecule has 2 aromatic rings. The van der Waals surface area contributed by atoms with Gasteiger partial charge in [0.15, 0.2) is 5.78 Å². The summed E-state index contributed by atoms with van der Waals surface area (Å²) in [5, 5.41) is 3.40. The van der Waals surface area contributed by atoms with Gasteiger partial charge >= 0.3 is 5.97 Å². The fourth-order valence-corrected chi connectivity index (χ4v) is 4.95. The van der Waals surface area contributed by atoms with Crippen LogP contribution in [0.4, 0.5) is 0 Å². The summed E-state index contributed by atoms with van der Waals surface area (Å²) in [5.74, 6) is 0.789.